The molecule has 912 valence electrons. The molecule has 0 heterocycles. The van der Waals surface area contributed by atoms with E-state index in [4.69, 9.17) is 159 Å². The molecule has 0 radical (unpaired) electrons. The van der Waals surface area contributed by atoms with Crippen LogP contribution in [-0.2, 0) is 159 Å². The van der Waals surface area contributed by atoms with Gasteiger partial charge in [-0.2, -0.15) is 0 Å². The number of rotatable bonds is 104. The van der Waals surface area contributed by atoms with E-state index in [2.05, 4.69) is 44.3 Å². The fraction of sp³-hybridized carbons (Fsp3) is 1.00. The van der Waals surface area contributed by atoms with E-state index >= 15 is 0 Å². The second-order valence-corrected chi connectivity index (χ2v) is 68.9. The van der Waals surface area contributed by atoms with Crippen LogP contribution in [0.5, 0.6) is 0 Å². The van der Waals surface area contributed by atoms with Crippen LogP contribution in [0.25, 0.3) is 0 Å². The van der Waals surface area contributed by atoms with Crippen LogP contribution in [-0.4, -0.2) is 502 Å². The number of nitrogens with one attached hydrogen (secondary N) is 2. The van der Waals surface area contributed by atoms with Gasteiger partial charge >= 0.3 is 106 Å². The Labute approximate surface area is 927 Å². The highest BCUT2D eigenvalue weighted by Crippen LogP contribution is 2.28. The van der Waals surface area contributed by atoms with E-state index in [0.29, 0.717) is 119 Å². The SMILES string of the molecule is CCO[Si](CCCN(C)CCC[Si](OCC)(OCC)OCC)(OC)OCC.CCO[Si](CCCN(CCO)CCC[Si](OCC)(OCC)OCC)(OC)OCC.CCO[Si](CCCNCCC[Si](OCC)(OCC)OCC)(OCC)OCC.CO[Si](CCCN(C)CCC[Si](OC)(OC)OC)(OC)OC.CO[Si](CCCN(CCO)CCC[Si](OC)(OC)OC)(OC)OC.CO[Si](CCCNCCC[Si](OC)(OC)OC)(OC)OC. The first-order chi connectivity index (χ1) is 72.1. The van der Waals surface area contributed by atoms with Crippen molar-refractivity contribution in [1.29, 1.82) is 0 Å². The molecule has 0 aliphatic heterocycles. The largest absolute Gasteiger partial charge is 0.500 e. The highest BCUT2D eigenvalue weighted by molar-refractivity contribution is 6.64. The second-order valence-electron chi connectivity index (χ2n) is 33.7. The van der Waals surface area contributed by atoms with Gasteiger partial charge in [-0.15, -0.1) is 0 Å². The van der Waals surface area contributed by atoms with Gasteiger partial charge in [-0.25, -0.2) is 0 Å². The van der Waals surface area contributed by atoms with Gasteiger partial charge < -0.3 is 200 Å². The van der Waals surface area contributed by atoms with Crippen molar-refractivity contribution in [3.63, 3.8) is 0 Å². The lowest BCUT2D eigenvalue weighted by atomic mass is 10.3. The van der Waals surface area contributed by atoms with Crippen LogP contribution in [0.1, 0.15) is 188 Å². The molecule has 0 aliphatic rings. The molecule has 0 aromatic carbocycles. The minimum atomic E-state index is -2.62. The van der Waals surface area contributed by atoms with Crippen molar-refractivity contribution in [2.45, 2.75) is 260 Å². The lowest BCUT2D eigenvalue weighted by molar-refractivity contribution is 0.0688. The summed E-state index contributed by atoms with van der Waals surface area (Å²) < 4.78 is 203. The predicted molar refractivity (Wildman–Crippen MR) is 616 cm³/mol. The van der Waals surface area contributed by atoms with Gasteiger partial charge in [0.05, 0.1) is 13.2 Å². The van der Waals surface area contributed by atoms with Gasteiger partial charge in [-0.05, 0) is 280 Å². The number of hydrogen-bond donors (Lipinski definition) is 4. The van der Waals surface area contributed by atoms with Crippen molar-refractivity contribution < 1.29 is 170 Å². The lowest BCUT2D eigenvalue weighted by Crippen LogP contribution is -2.47. The van der Waals surface area contributed by atoms with Crippen LogP contribution in [0.2, 0.25) is 72.5 Å². The normalized spacial score (nSPS) is 12.9. The Morgan fingerprint density at radius 2 is 0.267 bits per heavy atom. The Morgan fingerprint density at radius 1 is 0.153 bits per heavy atom. The van der Waals surface area contributed by atoms with E-state index in [1.807, 2.05) is 111 Å². The molecule has 0 amide bonds. The molecule has 56 heteroatoms. The van der Waals surface area contributed by atoms with E-state index < -0.39 is 106 Å². The first kappa shape index (κ1) is 161. The van der Waals surface area contributed by atoms with E-state index in [-0.39, 0.29) is 13.2 Å². The summed E-state index contributed by atoms with van der Waals surface area (Å²) in [5.41, 5.74) is 0. The third-order valence-electron chi connectivity index (χ3n) is 24.1. The quantitative estimate of drug-likeness (QED) is 0.0324. The molecular weight excluding hydrogens is 2160 g/mol. The zero-order valence-corrected chi connectivity index (χ0v) is 114. The molecule has 0 rings (SSSR count). The third-order valence-corrected chi connectivity index (χ3v) is 59.8. The molecule has 0 saturated carbocycles. The summed E-state index contributed by atoms with van der Waals surface area (Å²) in [6.07, 6.45) is 11.3. The van der Waals surface area contributed by atoms with Gasteiger partial charge in [-0.1, -0.05) is 0 Å². The van der Waals surface area contributed by atoms with E-state index in [0.717, 1.165) is 228 Å². The average molecular weight is 2390 g/mol. The molecule has 0 unspecified atom stereocenters. The average Bonchev–Trinajstić information content (AvgIpc) is 0.778. The summed E-state index contributed by atoms with van der Waals surface area (Å²) in [5.74, 6) is 0. The summed E-state index contributed by atoms with van der Waals surface area (Å²) in [6.45, 7) is 53.9. The van der Waals surface area contributed by atoms with Crippen molar-refractivity contribution in [3.05, 3.63) is 0 Å². The molecule has 150 heavy (non-hydrogen) atoms. The first-order valence-electron chi connectivity index (χ1n) is 54.8. The molecule has 0 aliphatic carbocycles. The number of hydrogen-bond acceptors (Lipinski definition) is 44. The second kappa shape index (κ2) is 104. The lowest BCUT2D eigenvalue weighted by Gasteiger charge is -2.30. The summed E-state index contributed by atoms with van der Waals surface area (Å²) >= 11 is 0. The van der Waals surface area contributed by atoms with Gasteiger partial charge in [0.25, 0.3) is 0 Å². The zero-order chi connectivity index (χ0) is 115. The van der Waals surface area contributed by atoms with E-state index in [9.17, 15) is 10.2 Å². The van der Waals surface area contributed by atoms with E-state index in [1.165, 1.54) is 0 Å². The maximum Gasteiger partial charge on any atom is 0.500 e. The summed E-state index contributed by atoms with van der Waals surface area (Å²) in [4.78, 5) is 9.08. The molecule has 0 aromatic heterocycles. The maximum absolute atomic E-state index is 9.45. The topological polar surface area (TPSA) is 410 Å². The Bertz CT molecular complexity index is 2590. The smallest absolute Gasteiger partial charge is 0.395 e. The van der Waals surface area contributed by atoms with Crippen LogP contribution < -0.4 is 10.6 Å². The molecule has 4 N–H and O–H groups in total. The van der Waals surface area contributed by atoms with Crippen LogP contribution in [0.15, 0.2) is 0 Å². The van der Waals surface area contributed by atoms with Gasteiger partial charge in [0, 0.05) is 334 Å². The fourth-order valence-electron chi connectivity index (χ4n) is 16.5. The monoisotopic (exact) mass is 2390 g/mol. The van der Waals surface area contributed by atoms with Gasteiger partial charge in [0.2, 0.25) is 0 Å². The number of aliphatic hydroxyl groups excluding tert-OH is 2. The summed E-state index contributed by atoms with van der Waals surface area (Å²) in [7, 11) is 6.94. The zero-order valence-electron chi connectivity index (χ0n) is 102. The van der Waals surface area contributed by atoms with E-state index in [1.54, 1.807) is 142 Å². The molecule has 0 bridgehead atoms. The fourth-order valence-corrected chi connectivity index (χ4v) is 41.8. The van der Waals surface area contributed by atoms with Crippen LogP contribution >= 0.6 is 0 Å². The van der Waals surface area contributed by atoms with Crippen LogP contribution in [0.4, 0.5) is 0 Å². The Kier molecular flexibility index (Phi) is 112. The first-order valence-corrected chi connectivity index (χ1v) is 78.0. The van der Waals surface area contributed by atoms with Crippen molar-refractivity contribution >= 4 is 106 Å². The number of nitrogens with zero attached hydrogens (tertiary/aromatic N) is 4. The van der Waals surface area contributed by atoms with Gasteiger partial charge in [0.1, 0.15) is 0 Å². The Hall–Kier alpha value is 0.843. The summed E-state index contributed by atoms with van der Waals surface area (Å²) in [5, 5.41) is 25.6. The van der Waals surface area contributed by atoms with Crippen molar-refractivity contribution in [2.24, 2.45) is 0 Å². The maximum atomic E-state index is 9.45. The highest BCUT2D eigenvalue weighted by atomic mass is 28.4. The molecule has 0 atom stereocenters. The number of aliphatic hydroxyl groups is 2. The minimum absolute atomic E-state index is 0.128. The van der Waals surface area contributed by atoms with Crippen LogP contribution in [0, 0.1) is 0 Å². The third kappa shape index (κ3) is 73.2. The van der Waals surface area contributed by atoms with Crippen molar-refractivity contribution in [3.8, 4) is 0 Å². The molecular formula is C94H230N6O38Si12. The molecule has 0 saturated heterocycles. The summed E-state index contributed by atoms with van der Waals surface area (Å²) in [6, 6.07) is 9.62. The van der Waals surface area contributed by atoms with Gasteiger partial charge in [-0.3, -0.25) is 0 Å². The predicted octanol–water partition coefficient (Wildman–Crippen LogP) is 13.0. The van der Waals surface area contributed by atoms with Gasteiger partial charge in [0.15, 0.2) is 0 Å². The standard InChI is InChI=1S/C19H45NO7Si2.2C18H43NO6Si2.C14H35NO7Si2.C13H33NO6Si2.C12H31NO6Si2/c1-7-23-28(22-6,24-8-2)18-12-14-20(16-17-21)15-13-19-29(25-9-3,26-10-4)27-11-5;1-8-21-26(20-7,22-9-2)17-13-15-19(6)16-14-18-27(23-10-3,24-11-4)25-12-5;1-7-20-26(21-8-2,22-9-3)17-13-15-19-16-14-18-27(23-10-4,24-11-5)25-12-6;1-17-23(18-2,19-3)13-7-9-15(11-12-16)10-8-14-24(20-4,21-5)22-6;1-14(10-8-12-21(15-2,16-3)17-4)11-9-13-22(18-5,19-6)20-7;1-14-20(15-2,16-3)11-7-9-13-10-8-12-21(17-4,18-5)19-6/h21H,7-19H2,1-6H3;8-18H2,1-7H3;19H,7-18H2,1-6H3;16H,7-14H2,1-6H3;8-13H2,1-7H3;13H,7-12H2,1-6H3. The van der Waals surface area contributed by atoms with Crippen LogP contribution in [0.3, 0.4) is 0 Å². The Morgan fingerprint density at radius 3 is 0.400 bits per heavy atom. The molecule has 0 spiro atoms. The molecule has 0 fully saturated rings. The highest BCUT2D eigenvalue weighted by Gasteiger charge is 2.48. The molecule has 0 aromatic rings. The van der Waals surface area contributed by atoms with Crippen molar-refractivity contribution in [2.75, 3.05) is 367 Å². The minimum Gasteiger partial charge on any atom is -0.395 e. The Balaban J connectivity index is -0.000000416. The van der Waals surface area contributed by atoms with Crippen molar-refractivity contribution in [1.82, 2.24) is 30.2 Å². The molecule has 44 nitrogen and oxygen atoms in total.